The third kappa shape index (κ3) is 6.49. The van der Waals surface area contributed by atoms with Gasteiger partial charge in [0.25, 0.3) is 11.6 Å². The SMILES string of the molecule is COc1cc(NC(=O)C2CCCCC2)c(C(=O)OCC(=O)Nc2ccc(C)c([N+](=O)[O-])c2)cc1OC. The van der Waals surface area contributed by atoms with Crippen LogP contribution < -0.4 is 20.1 Å². The molecule has 2 aromatic rings. The molecular weight excluding hydrogens is 470 g/mol. The molecular formula is C25H29N3O8. The number of aryl methyl sites for hydroxylation is 1. The first-order chi connectivity index (χ1) is 17.2. The summed E-state index contributed by atoms with van der Waals surface area (Å²) in [4.78, 5) is 48.6. The van der Waals surface area contributed by atoms with E-state index in [0.29, 0.717) is 11.3 Å². The van der Waals surface area contributed by atoms with Crippen LogP contribution >= 0.6 is 0 Å². The van der Waals surface area contributed by atoms with Crippen LogP contribution in [0.5, 0.6) is 11.5 Å². The van der Waals surface area contributed by atoms with E-state index in [1.165, 1.54) is 44.6 Å². The van der Waals surface area contributed by atoms with Gasteiger partial charge in [-0.05, 0) is 25.8 Å². The van der Waals surface area contributed by atoms with Gasteiger partial charge in [-0.2, -0.15) is 0 Å². The van der Waals surface area contributed by atoms with Gasteiger partial charge >= 0.3 is 5.97 Å². The number of nitrogens with one attached hydrogen (secondary N) is 2. The maximum Gasteiger partial charge on any atom is 0.340 e. The Kier molecular flexibility index (Phi) is 8.82. The van der Waals surface area contributed by atoms with Crippen LogP contribution in [0, 0.1) is 23.0 Å². The monoisotopic (exact) mass is 499 g/mol. The molecule has 0 atom stereocenters. The summed E-state index contributed by atoms with van der Waals surface area (Å²) in [5.41, 5.74) is 0.674. The first-order valence-corrected chi connectivity index (χ1v) is 11.5. The van der Waals surface area contributed by atoms with Gasteiger partial charge in [0.05, 0.1) is 30.4 Å². The maximum absolute atomic E-state index is 12.9. The Morgan fingerprint density at radius 2 is 1.67 bits per heavy atom. The lowest BCUT2D eigenvalue weighted by Crippen LogP contribution is -2.26. The highest BCUT2D eigenvalue weighted by Gasteiger charge is 2.25. The second kappa shape index (κ2) is 12.0. The standard InChI is InChI=1S/C25H29N3O8/c1-15-9-10-17(11-20(15)28(32)33)26-23(29)14-36-25(31)18-12-21(34-2)22(35-3)13-19(18)27-24(30)16-7-5-4-6-8-16/h9-13,16H,4-8,14H2,1-3H3,(H,26,29)(H,27,30). The molecule has 2 amide bonds. The van der Waals surface area contributed by atoms with Gasteiger partial charge in [0.2, 0.25) is 5.91 Å². The van der Waals surface area contributed by atoms with Crippen molar-refractivity contribution in [3.63, 3.8) is 0 Å². The van der Waals surface area contributed by atoms with Crippen molar-refractivity contribution < 1.29 is 33.5 Å². The van der Waals surface area contributed by atoms with E-state index in [2.05, 4.69) is 10.6 Å². The van der Waals surface area contributed by atoms with Crippen LogP contribution in [-0.4, -0.2) is 43.5 Å². The van der Waals surface area contributed by atoms with Crippen molar-refractivity contribution in [2.75, 3.05) is 31.5 Å². The van der Waals surface area contributed by atoms with Gasteiger partial charge in [-0.15, -0.1) is 0 Å². The Bertz CT molecular complexity index is 1160. The molecule has 3 rings (SSSR count). The minimum absolute atomic E-state index is 0.00409. The number of methoxy groups -OCH3 is 2. The molecule has 0 unspecified atom stereocenters. The first-order valence-electron chi connectivity index (χ1n) is 11.5. The number of anilines is 2. The lowest BCUT2D eigenvalue weighted by Gasteiger charge is -2.22. The maximum atomic E-state index is 12.9. The molecule has 1 fully saturated rings. The molecule has 11 nitrogen and oxygen atoms in total. The minimum Gasteiger partial charge on any atom is -0.493 e. The second-order valence-electron chi connectivity index (χ2n) is 8.46. The number of rotatable bonds is 9. The second-order valence-corrected chi connectivity index (χ2v) is 8.46. The number of amides is 2. The molecule has 1 saturated carbocycles. The molecule has 2 aromatic carbocycles. The number of benzene rings is 2. The predicted molar refractivity (Wildman–Crippen MR) is 131 cm³/mol. The summed E-state index contributed by atoms with van der Waals surface area (Å²) in [6.45, 7) is 0.935. The van der Waals surface area contributed by atoms with Crippen molar-refractivity contribution in [2.24, 2.45) is 5.92 Å². The van der Waals surface area contributed by atoms with E-state index in [0.717, 1.165) is 32.1 Å². The fourth-order valence-electron chi connectivity index (χ4n) is 4.04. The molecule has 0 saturated heterocycles. The van der Waals surface area contributed by atoms with Gasteiger partial charge in [0, 0.05) is 35.4 Å². The summed E-state index contributed by atoms with van der Waals surface area (Å²) in [5.74, 6) is -1.34. The first kappa shape index (κ1) is 26.5. The Hall–Kier alpha value is -4.15. The van der Waals surface area contributed by atoms with Crippen molar-refractivity contribution in [1.82, 2.24) is 0 Å². The van der Waals surface area contributed by atoms with E-state index in [9.17, 15) is 24.5 Å². The molecule has 0 aromatic heterocycles. The van der Waals surface area contributed by atoms with Crippen LogP contribution in [0.15, 0.2) is 30.3 Å². The molecule has 0 bridgehead atoms. The summed E-state index contributed by atoms with van der Waals surface area (Å²) >= 11 is 0. The van der Waals surface area contributed by atoms with Crippen LogP contribution in [0.4, 0.5) is 17.1 Å². The summed E-state index contributed by atoms with van der Waals surface area (Å²) in [7, 11) is 2.84. The lowest BCUT2D eigenvalue weighted by molar-refractivity contribution is -0.385. The average molecular weight is 500 g/mol. The zero-order valence-electron chi connectivity index (χ0n) is 20.4. The highest BCUT2D eigenvalue weighted by molar-refractivity contribution is 6.03. The lowest BCUT2D eigenvalue weighted by atomic mass is 9.88. The van der Waals surface area contributed by atoms with Crippen molar-refractivity contribution in [1.29, 1.82) is 0 Å². The molecule has 0 spiro atoms. The number of hydrogen-bond donors (Lipinski definition) is 2. The third-order valence-corrected chi connectivity index (χ3v) is 6.00. The van der Waals surface area contributed by atoms with Crippen molar-refractivity contribution in [3.05, 3.63) is 51.6 Å². The Morgan fingerprint density at radius 3 is 2.31 bits per heavy atom. The fraction of sp³-hybridized carbons (Fsp3) is 0.400. The zero-order chi connectivity index (χ0) is 26.2. The van der Waals surface area contributed by atoms with Gasteiger partial charge in [-0.3, -0.25) is 19.7 Å². The summed E-state index contributed by atoms with van der Waals surface area (Å²) in [6.07, 6.45) is 4.58. The number of carbonyl (C=O) groups excluding carboxylic acids is 3. The number of carbonyl (C=O) groups is 3. The zero-order valence-corrected chi connectivity index (χ0v) is 20.4. The van der Waals surface area contributed by atoms with Crippen LogP contribution in [-0.2, 0) is 14.3 Å². The number of nitro groups is 1. The van der Waals surface area contributed by atoms with Gasteiger partial charge in [-0.1, -0.05) is 25.3 Å². The van der Waals surface area contributed by atoms with E-state index < -0.39 is 23.4 Å². The van der Waals surface area contributed by atoms with Crippen LogP contribution in [0.25, 0.3) is 0 Å². The van der Waals surface area contributed by atoms with E-state index >= 15 is 0 Å². The number of nitrogens with zero attached hydrogens (tertiary/aromatic N) is 1. The average Bonchev–Trinajstić information content (AvgIpc) is 2.88. The number of esters is 1. The molecule has 1 aliphatic carbocycles. The van der Waals surface area contributed by atoms with E-state index in [1.807, 2.05) is 0 Å². The molecule has 2 N–H and O–H groups in total. The molecule has 36 heavy (non-hydrogen) atoms. The largest absolute Gasteiger partial charge is 0.493 e. The Balaban J connectivity index is 1.73. The molecule has 1 aliphatic rings. The van der Waals surface area contributed by atoms with E-state index in [-0.39, 0.29) is 40.2 Å². The quantitative estimate of drug-likeness (QED) is 0.296. The fourth-order valence-corrected chi connectivity index (χ4v) is 4.04. The highest BCUT2D eigenvalue weighted by atomic mass is 16.6. The smallest absolute Gasteiger partial charge is 0.340 e. The molecule has 0 aliphatic heterocycles. The summed E-state index contributed by atoms with van der Waals surface area (Å²) in [5, 5.41) is 16.4. The number of nitro benzene ring substituents is 1. The van der Waals surface area contributed by atoms with Gasteiger partial charge in [-0.25, -0.2) is 4.79 Å². The topological polar surface area (TPSA) is 146 Å². The Morgan fingerprint density at radius 1 is 1.00 bits per heavy atom. The van der Waals surface area contributed by atoms with Crippen LogP contribution in [0.1, 0.15) is 48.0 Å². The number of ether oxygens (including phenoxy) is 3. The predicted octanol–water partition coefficient (Wildman–Crippen LogP) is 4.23. The van der Waals surface area contributed by atoms with Crippen LogP contribution in [0.2, 0.25) is 0 Å². The van der Waals surface area contributed by atoms with Crippen molar-refractivity contribution in [2.45, 2.75) is 39.0 Å². The molecule has 0 radical (unpaired) electrons. The normalized spacial score (nSPS) is 13.4. The minimum atomic E-state index is -0.861. The van der Waals surface area contributed by atoms with Crippen LogP contribution in [0.3, 0.4) is 0 Å². The number of hydrogen-bond acceptors (Lipinski definition) is 8. The summed E-state index contributed by atoms with van der Waals surface area (Å²) in [6, 6.07) is 7.09. The van der Waals surface area contributed by atoms with E-state index in [1.54, 1.807) is 6.92 Å². The van der Waals surface area contributed by atoms with Gasteiger partial charge < -0.3 is 24.8 Å². The summed E-state index contributed by atoms with van der Waals surface area (Å²) < 4.78 is 15.7. The third-order valence-electron chi connectivity index (χ3n) is 6.00. The van der Waals surface area contributed by atoms with Gasteiger partial charge in [0.15, 0.2) is 18.1 Å². The van der Waals surface area contributed by atoms with Crippen molar-refractivity contribution >= 4 is 34.8 Å². The molecule has 11 heteroatoms. The Labute approximate surface area is 208 Å². The highest BCUT2D eigenvalue weighted by Crippen LogP contribution is 2.35. The molecule has 192 valence electrons. The van der Waals surface area contributed by atoms with Gasteiger partial charge in [0.1, 0.15) is 0 Å². The van der Waals surface area contributed by atoms with Crippen molar-refractivity contribution in [3.8, 4) is 11.5 Å². The van der Waals surface area contributed by atoms with E-state index in [4.69, 9.17) is 14.2 Å². The molecule has 0 heterocycles.